The van der Waals surface area contributed by atoms with Crippen molar-refractivity contribution < 1.29 is 18.7 Å². The van der Waals surface area contributed by atoms with Crippen LogP contribution in [0.2, 0.25) is 0 Å². The van der Waals surface area contributed by atoms with E-state index >= 15 is 0 Å². The van der Waals surface area contributed by atoms with Gasteiger partial charge in [-0.05, 0) is 19.4 Å². The van der Waals surface area contributed by atoms with Gasteiger partial charge in [-0.15, -0.1) is 0 Å². The van der Waals surface area contributed by atoms with Crippen molar-refractivity contribution in [1.29, 1.82) is 0 Å². The van der Waals surface area contributed by atoms with E-state index in [9.17, 15) is 13.6 Å². The summed E-state index contributed by atoms with van der Waals surface area (Å²) in [6.07, 6.45) is 0.814. The summed E-state index contributed by atoms with van der Waals surface area (Å²) in [4.78, 5) is 14.7. The van der Waals surface area contributed by atoms with E-state index in [0.29, 0.717) is 25.2 Å². The van der Waals surface area contributed by atoms with E-state index in [1.165, 1.54) is 6.07 Å². The van der Waals surface area contributed by atoms with Crippen LogP contribution < -0.4 is 0 Å². The highest BCUT2D eigenvalue weighted by molar-refractivity contribution is 5.69. The van der Waals surface area contributed by atoms with Crippen LogP contribution in [0, 0.1) is 11.6 Å². The molecule has 1 N–H and O–H groups in total. The molecule has 0 aromatic heterocycles. The average Bonchev–Trinajstić information content (AvgIpc) is 2.66. The summed E-state index contributed by atoms with van der Waals surface area (Å²) >= 11 is 0. The summed E-state index contributed by atoms with van der Waals surface area (Å²) in [5, 5.41) is 8.83. The topological polar surface area (TPSA) is 43.8 Å². The van der Waals surface area contributed by atoms with Gasteiger partial charge in [-0.2, -0.15) is 0 Å². The van der Waals surface area contributed by atoms with Crippen LogP contribution in [0.4, 0.5) is 8.78 Å². The van der Waals surface area contributed by atoms with Crippen LogP contribution in [0.3, 0.4) is 0 Å². The Balaban J connectivity index is 2.04. The number of rotatable bonds is 4. The molecule has 1 atom stereocenters. The number of benzene rings is 1. The van der Waals surface area contributed by atoms with E-state index in [2.05, 4.69) is 4.90 Å². The average molecular weight is 298 g/mol. The Bertz CT molecular complexity index is 510. The fraction of sp³-hybridized carbons (Fsp3) is 0.533. The SMILES string of the molecule is CC(c1cccc(F)c1F)N1CCCN(CC(=O)O)CC1. The quantitative estimate of drug-likeness (QED) is 0.925. The number of hydrogen-bond acceptors (Lipinski definition) is 3. The van der Waals surface area contributed by atoms with E-state index in [1.54, 1.807) is 6.07 Å². The molecule has 1 heterocycles. The fourth-order valence-corrected chi connectivity index (χ4v) is 2.77. The van der Waals surface area contributed by atoms with Gasteiger partial charge in [0, 0.05) is 37.8 Å². The zero-order chi connectivity index (χ0) is 15.4. The highest BCUT2D eigenvalue weighted by Crippen LogP contribution is 2.25. The molecule has 1 aromatic carbocycles. The fourth-order valence-electron chi connectivity index (χ4n) is 2.77. The second-order valence-electron chi connectivity index (χ2n) is 5.38. The molecule has 1 aliphatic rings. The Labute approximate surface area is 123 Å². The smallest absolute Gasteiger partial charge is 0.317 e. The molecular weight excluding hydrogens is 278 g/mol. The second kappa shape index (κ2) is 6.95. The first-order chi connectivity index (χ1) is 9.99. The monoisotopic (exact) mass is 298 g/mol. The van der Waals surface area contributed by atoms with Crippen molar-refractivity contribution in [3.8, 4) is 0 Å². The molecule has 1 aliphatic heterocycles. The molecule has 2 rings (SSSR count). The maximum Gasteiger partial charge on any atom is 0.317 e. The summed E-state index contributed by atoms with van der Waals surface area (Å²) in [5.74, 6) is -2.47. The Morgan fingerprint density at radius 1 is 1.29 bits per heavy atom. The zero-order valence-electron chi connectivity index (χ0n) is 12.1. The van der Waals surface area contributed by atoms with Gasteiger partial charge in [-0.3, -0.25) is 14.6 Å². The van der Waals surface area contributed by atoms with Crippen LogP contribution in [0.15, 0.2) is 18.2 Å². The summed E-state index contributed by atoms with van der Waals surface area (Å²) in [7, 11) is 0. The van der Waals surface area contributed by atoms with E-state index < -0.39 is 17.6 Å². The molecule has 0 amide bonds. The van der Waals surface area contributed by atoms with Crippen molar-refractivity contribution >= 4 is 5.97 Å². The number of hydrogen-bond donors (Lipinski definition) is 1. The zero-order valence-corrected chi connectivity index (χ0v) is 12.1. The first-order valence-corrected chi connectivity index (χ1v) is 7.11. The molecule has 1 saturated heterocycles. The van der Waals surface area contributed by atoms with Crippen LogP contribution in [-0.2, 0) is 4.79 Å². The Hall–Kier alpha value is -1.53. The molecule has 0 aliphatic carbocycles. The molecule has 0 bridgehead atoms. The number of aliphatic carboxylic acids is 1. The van der Waals surface area contributed by atoms with Gasteiger partial charge in [0.2, 0.25) is 0 Å². The van der Waals surface area contributed by atoms with Crippen molar-refractivity contribution in [2.24, 2.45) is 0 Å². The van der Waals surface area contributed by atoms with Crippen molar-refractivity contribution in [3.05, 3.63) is 35.4 Å². The van der Waals surface area contributed by atoms with Crippen molar-refractivity contribution in [1.82, 2.24) is 9.80 Å². The van der Waals surface area contributed by atoms with Gasteiger partial charge in [0.1, 0.15) is 0 Å². The first-order valence-electron chi connectivity index (χ1n) is 7.11. The van der Waals surface area contributed by atoms with Gasteiger partial charge in [0.05, 0.1) is 6.54 Å². The molecule has 0 saturated carbocycles. The third-order valence-electron chi connectivity index (χ3n) is 3.96. The summed E-state index contributed by atoms with van der Waals surface area (Å²) in [5.41, 5.74) is 0.349. The summed E-state index contributed by atoms with van der Waals surface area (Å²) in [6, 6.07) is 4.00. The number of carboxylic acid groups (broad SMARTS) is 1. The Morgan fingerprint density at radius 3 is 2.76 bits per heavy atom. The van der Waals surface area contributed by atoms with Gasteiger partial charge in [-0.1, -0.05) is 12.1 Å². The molecule has 1 fully saturated rings. The van der Waals surface area contributed by atoms with Gasteiger partial charge < -0.3 is 5.11 Å². The van der Waals surface area contributed by atoms with E-state index in [1.807, 2.05) is 11.8 Å². The van der Waals surface area contributed by atoms with E-state index in [0.717, 1.165) is 19.0 Å². The highest BCUT2D eigenvalue weighted by Gasteiger charge is 2.23. The molecule has 0 radical (unpaired) electrons. The van der Waals surface area contributed by atoms with E-state index in [4.69, 9.17) is 5.11 Å². The van der Waals surface area contributed by atoms with Crippen LogP contribution in [0.1, 0.15) is 24.9 Å². The Morgan fingerprint density at radius 2 is 2.05 bits per heavy atom. The van der Waals surface area contributed by atoms with Crippen LogP contribution in [0.25, 0.3) is 0 Å². The summed E-state index contributed by atoms with van der Waals surface area (Å²) in [6.45, 7) is 4.59. The molecule has 21 heavy (non-hydrogen) atoms. The molecular formula is C15H20F2N2O2. The molecule has 116 valence electrons. The lowest BCUT2D eigenvalue weighted by molar-refractivity contribution is -0.138. The van der Waals surface area contributed by atoms with Crippen molar-refractivity contribution in [3.63, 3.8) is 0 Å². The van der Waals surface area contributed by atoms with E-state index in [-0.39, 0.29) is 12.6 Å². The van der Waals surface area contributed by atoms with Gasteiger partial charge in [-0.25, -0.2) is 8.78 Å². The predicted octanol–water partition coefficient (Wildman–Crippen LogP) is 2.12. The lowest BCUT2D eigenvalue weighted by Crippen LogP contribution is -2.35. The molecule has 6 heteroatoms. The largest absolute Gasteiger partial charge is 0.480 e. The van der Waals surface area contributed by atoms with Gasteiger partial charge in [0.25, 0.3) is 0 Å². The minimum atomic E-state index is -0.840. The maximum atomic E-state index is 13.9. The van der Waals surface area contributed by atoms with Crippen LogP contribution in [0.5, 0.6) is 0 Å². The number of carbonyl (C=O) groups is 1. The lowest BCUT2D eigenvalue weighted by Gasteiger charge is -2.28. The first kappa shape index (κ1) is 15.9. The minimum Gasteiger partial charge on any atom is -0.480 e. The number of halogens is 2. The van der Waals surface area contributed by atoms with Crippen molar-refractivity contribution in [2.75, 3.05) is 32.7 Å². The standard InChI is InChI=1S/C15H20F2N2O2/c1-11(12-4-2-5-13(16)15(12)17)19-7-3-6-18(8-9-19)10-14(20)21/h2,4-5,11H,3,6-10H2,1H3,(H,20,21). The van der Waals surface area contributed by atoms with Crippen molar-refractivity contribution in [2.45, 2.75) is 19.4 Å². The normalized spacial score (nSPS) is 19.2. The number of nitrogens with zero attached hydrogens (tertiary/aromatic N) is 2. The van der Waals surface area contributed by atoms with Gasteiger partial charge in [0.15, 0.2) is 11.6 Å². The van der Waals surface area contributed by atoms with Crippen LogP contribution in [-0.4, -0.2) is 53.6 Å². The highest BCUT2D eigenvalue weighted by atomic mass is 19.2. The molecule has 1 unspecified atom stereocenters. The number of carboxylic acids is 1. The Kier molecular flexibility index (Phi) is 5.25. The third-order valence-corrected chi connectivity index (χ3v) is 3.96. The molecule has 4 nitrogen and oxygen atoms in total. The molecule has 0 spiro atoms. The lowest BCUT2D eigenvalue weighted by atomic mass is 10.1. The maximum absolute atomic E-state index is 13.9. The molecule has 1 aromatic rings. The second-order valence-corrected chi connectivity index (χ2v) is 5.38. The predicted molar refractivity (Wildman–Crippen MR) is 75.0 cm³/mol. The summed E-state index contributed by atoms with van der Waals surface area (Å²) < 4.78 is 27.2. The van der Waals surface area contributed by atoms with Gasteiger partial charge >= 0.3 is 5.97 Å². The minimum absolute atomic E-state index is 0.0244. The van der Waals surface area contributed by atoms with Crippen LogP contribution >= 0.6 is 0 Å². The third kappa shape index (κ3) is 3.98.